The van der Waals surface area contributed by atoms with Crippen LogP contribution in [0.2, 0.25) is 0 Å². The summed E-state index contributed by atoms with van der Waals surface area (Å²) in [6.07, 6.45) is 2.34. The van der Waals surface area contributed by atoms with Crippen molar-refractivity contribution in [2.45, 2.75) is 108 Å². The van der Waals surface area contributed by atoms with Crippen molar-refractivity contribution < 1.29 is 48.6 Å². The second kappa shape index (κ2) is 27.8. The van der Waals surface area contributed by atoms with Crippen LogP contribution < -0.4 is 48.7 Å². The zero-order valence-corrected chi connectivity index (χ0v) is 43.9. The molecule has 0 radical (unpaired) electrons. The maximum absolute atomic E-state index is 14.8. The second-order valence-electron chi connectivity index (χ2n) is 17.8. The van der Waals surface area contributed by atoms with Gasteiger partial charge in [-0.15, -0.1) is 0 Å². The van der Waals surface area contributed by atoms with E-state index in [0.29, 0.717) is 29.5 Å². The Morgan fingerprint density at radius 3 is 1.86 bits per heavy atom. The minimum absolute atomic E-state index is 0.0392. The number of hydrogen-bond donors (Lipinski definition) is 12. The number of benzene rings is 3. The molecule has 1 aliphatic rings. The lowest BCUT2D eigenvalue weighted by Gasteiger charge is -2.29. The molecule has 2 heterocycles. The third-order valence-electron chi connectivity index (χ3n) is 11.8. The van der Waals surface area contributed by atoms with Gasteiger partial charge < -0.3 is 63.9 Å². The summed E-state index contributed by atoms with van der Waals surface area (Å²) in [5.41, 5.74) is 14.3. The number of nitrogens with two attached hydrogens (primary N) is 2. The summed E-state index contributed by atoms with van der Waals surface area (Å²) in [6, 6.07) is 10.1. The van der Waals surface area contributed by atoms with Crippen LogP contribution in [0.3, 0.4) is 0 Å². The van der Waals surface area contributed by atoms with Crippen LogP contribution in [0.1, 0.15) is 56.7 Å². The molecule has 0 saturated carbocycles. The van der Waals surface area contributed by atoms with E-state index in [9.17, 15) is 48.6 Å². The van der Waals surface area contributed by atoms with E-state index in [2.05, 4.69) is 64.8 Å². The van der Waals surface area contributed by atoms with E-state index in [-0.39, 0.29) is 49.5 Å². The van der Waals surface area contributed by atoms with E-state index in [1.807, 2.05) is 36.4 Å². The molecule has 0 aliphatic carbocycles. The molecular weight excluding hydrogens is 1080 g/mol. The summed E-state index contributed by atoms with van der Waals surface area (Å²) in [5, 5.41) is 39.8. The van der Waals surface area contributed by atoms with E-state index in [4.69, 9.17) is 11.5 Å². The summed E-state index contributed by atoms with van der Waals surface area (Å²) >= 11 is 2.14. The molecule has 4 aromatic rings. The summed E-state index contributed by atoms with van der Waals surface area (Å²) in [5.74, 6) is -7.69. The summed E-state index contributed by atoms with van der Waals surface area (Å²) < 4.78 is 0.919. The number of H-pyrrole nitrogens is 1. The van der Waals surface area contributed by atoms with Crippen molar-refractivity contribution in [1.82, 2.24) is 42.2 Å². The number of unbranched alkanes of at least 4 members (excludes halogenated alkanes) is 1. The molecule has 3 aromatic carbocycles. The number of aromatic nitrogens is 1. The number of carboxylic acid groups (broad SMARTS) is 1. The Morgan fingerprint density at radius 1 is 0.722 bits per heavy atom. The van der Waals surface area contributed by atoms with Crippen LogP contribution in [0.4, 0.5) is 0 Å². The fourth-order valence-electron chi connectivity index (χ4n) is 7.66. The van der Waals surface area contributed by atoms with Crippen molar-refractivity contribution in [2.75, 3.05) is 18.1 Å². The Morgan fingerprint density at radius 2 is 1.26 bits per heavy atom. The van der Waals surface area contributed by atoms with Crippen molar-refractivity contribution in [3.63, 3.8) is 0 Å². The molecule has 1 saturated heterocycles. The average Bonchev–Trinajstić information content (AvgIpc) is 3.75. The number of para-hydroxylation sites is 1. The molecule has 388 valence electrons. The van der Waals surface area contributed by atoms with Gasteiger partial charge in [0.1, 0.15) is 48.0 Å². The van der Waals surface area contributed by atoms with Gasteiger partial charge in [0.05, 0.1) is 6.04 Å². The third kappa shape index (κ3) is 17.1. The van der Waals surface area contributed by atoms with Crippen LogP contribution in [0.15, 0.2) is 79.0 Å². The molecule has 8 atom stereocenters. The van der Waals surface area contributed by atoms with Crippen LogP contribution in [0, 0.1) is 9.49 Å². The Bertz CT molecular complexity index is 2530. The first-order valence-corrected chi connectivity index (χ1v) is 27.0. The standard InChI is InChI=1S/C49H63IN10O10S2/c1-26(2)41(49(69)70)60-48(68)40-25-72-71-24-39(58-42(62)27(3)52)47(67)56-36(20-28-11-15-31(50)16-12-28)44(64)57-38(22-30-23-53-34-9-5-4-8-33(30)34)46(66)54-35(10-6-7-19-51)43(63)55-37(45(65)59-40)21-29-13-17-32(61)18-14-29/h4-5,8-9,11-18,23,26-27,35-41,53,61H,6-7,10,19-22,24-25,51-52H2,1-3H3,(H,54,66)(H,55,63)(H,56,67)(H,57,64)(H,58,62)(H,59,65)(H,60,68)(H,69,70)/t27-,35+,36+,37+,38+,39+,40+,41+/m1/s1. The van der Waals surface area contributed by atoms with Crippen molar-refractivity contribution in [3.05, 3.63) is 99.3 Å². The van der Waals surface area contributed by atoms with Crippen molar-refractivity contribution in [3.8, 4) is 5.75 Å². The minimum atomic E-state index is -1.42. The maximum Gasteiger partial charge on any atom is 0.326 e. The topological polar surface area (TPSA) is 329 Å². The molecule has 23 heteroatoms. The molecule has 1 aromatic heterocycles. The number of carbonyl (C=O) groups is 8. The number of rotatable bonds is 16. The first-order chi connectivity index (χ1) is 34.3. The second-order valence-corrected chi connectivity index (χ2v) is 21.6. The van der Waals surface area contributed by atoms with E-state index >= 15 is 0 Å². The third-order valence-corrected chi connectivity index (χ3v) is 14.9. The lowest BCUT2D eigenvalue weighted by molar-refractivity contribution is -0.143. The predicted molar refractivity (Wildman–Crippen MR) is 284 cm³/mol. The van der Waals surface area contributed by atoms with Gasteiger partial charge in [0.2, 0.25) is 41.4 Å². The van der Waals surface area contributed by atoms with Gasteiger partial charge in [-0.2, -0.15) is 0 Å². The number of carboxylic acids is 1. The number of phenolic OH excluding ortho intramolecular Hbond substituents is 1. The summed E-state index contributed by atoms with van der Waals surface area (Å²) in [6.45, 7) is 4.91. The highest BCUT2D eigenvalue weighted by Crippen LogP contribution is 2.25. The molecule has 0 unspecified atom stereocenters. The van der Waals surface area contributed by atoms with E-state index in [1.54, 1.807) is 44.3 Å². The first kappa shape index (κ1) is 57.0. The zero-order chi connectivity index (χ0) is 52.5. The van der Waals surface area contributed by atoms with E-state index in [1.165, 1.54) is 19.1 Å². The highest BCUT2D eigenvalue weighted by atomic mass is 127. The van der Waals surface area contributed by atoms with Crippen molar-refractivity contribution in [1.29, 1.82) is 0 Å². The predicted octanol–water partition coefficient (Wildman–Crippen LogP) is 1.51. The first-order valence-electron chi connectivity index (χ1n) is 23.5. The Kier molecular flexibility index (Phi) is 22.0. The van der Waals surface area contributed by atoms with Gasteiger partial charge in [0.15, 0.2) is 0 Å². The van der Waals surface area contributed by atoms with Gasteiger partial charge in [-0.3, -0.25) is 33.6 Å². The van der Waals surface area contributed by atoms with Gasteiger partial charge in [-0.05, 0) is 108 Å². The molecule has 14 N–H and O–H groups in total. The van der Waals surface area contributed by atoms with Crippen LogP contribution in [0.5, 0.6) is 5.75 Å². The molecule has 1 aliphatic heterocycles. The molecule has 0 spiro atoms. The van der Waals surface area contributed by atoms with Crippen LogP contribution in [0.25, 0.3) is 10.9 Å². The van der Waals surface area contributed by atoms with E-state index in [0.717, 1.165) is 36.1 Å². The molecular formula is C49H63IN10O10S2. The highest BCUT2D eigenvalue weighted by molar-refractivity contribution is 14.1. The lowest BCUT2D eigenvalue weighted by Crippen LogP contribution is -2.61. The van der Waals surface area contributed by atoms with Gasteiger partial charge in [0.25, 0.3) is 0 Å². The normalized spacial score (nSPS) is 21.8. The van der Waals surface area contributed by atoms with Gasteiger partial charge in [0, 0.05) is 51.4 Å². The largest absolute Gasteiger partial charge is 0.508 e. The van der Waals surface area contributed by atoms with Gasteiger partial charge >= 0.3 is 5.97 Å². The number of phenols is 1. The Hall–Kier alpha value is -5.89. The number of nitrogens with one attached hydrogen (secondary N) is 8. The number of fused-ring (bicyclic) bond motifs is 1. The fourth-order valence-corrected chi connectivity index (χ4v) is 10.4. The number of halogens is 1. The van der Waals surface area contributed by atoms with Crippen molar-refractivity contribution in [2.24, 2.45) is 17.4 Å². The van der Waals surface area contributed by atoms with E-state index < -0.39 is 102 Å². The van der Waals surface area contributed by atoms with Crippen LogP contribution in [-0.4, -0.2) is 129 Å². The fraction of sp³-hybridized carbons (Fsp3) is 0.429. The molecule has 20 nitrogen and oxygen atoms in total. The smallest absolute Gasteiger partial charge is 0.326 e. The SMILES string of the molecule is CC(C)[C@H](NC(=O)[C@@H]1CSSC[C@H](NC(=O)[C@@H](C)N)C(=O)N[C@@H](Cc2ccc(I)cc2)C(=O)N[C@@H](Cc2c[nH]c3ccccc23)C(=O)N[C@@H](CCCCN)C(=O)N[C@@H](Cc2ccc(O)cc2)C(=O)N1)C(=O)O. The summed E-state index contributed by atoms with van der Waals surface area (Å²) in [7, 11) is 2.07. The Labute approximate surface area is 438 Å². The number of carbonyl (C=O) groups excluding carboxylic acids is 7. The monoisotopic (exact) mass is 1140 g/mol. The summed E-state index contributed by atoms with van der Waals surface area (Å²) in [4.78, 5) is 115. The minimum Gasteiger partial charge on any atom is -0.508 e. The number of aromatic hydroxyl groups is 1. The highest BCUT2D eigenvalue weighted by Gasteiger charge is 2.36. The van der Waals surface area contributed by atoms with Gasteiger partial charge in [-0.1, -0.05) is 77.9 Å². The van der Waals surface area contributed by atoms with Crippen LogP contribution in [-0.2, 0) is 57.6 Å². The molecule has 1 fully saturated rings. The van der Waals surface area contributed by atoms with Crippen molar-refractivity contribution >= 4 is 102 Å². The molecule has 7 amide bonds. The molecule has 5 rings (SSSR count). The lowest BCUT2D eigenvalue weighted by atomic mass is 10.0. The molecule has 0 bridgehead atoms. The van der Waals surface area contributed by atoms with Crippen LogP contribution >= 0.6 is 44.2 Å². The van der Waals surface area contributed by atoms with Gasteiger partial charge in [-0.25, -0.2) is 4.79 Å². The zero-order valence-electron chi connectivity index (χ0n) is 40.1. The number of hydrogen-bond acceptors (Lipinski definition) is 13. The molecule has 72 heavy (non-hydrogen) atoms. The number of aromatic amines is 1. The average molecular weight is 1140 g/mol. The maximum atomic E-state index is 14.8. The number of amides is 7. The number of aliphatic carboxylic acids is 1. The Balaban J connectivity index is 1.61. The quantitative estimate of drug-likeness (QED) is 0.0430.